The molecule has 0 saturated carbocycles. The predicted octanol–water partition coefficient (Wildman–Crippen LogP) is 2.15. The fourth-order valence-corrected chi connectivity index (χ4v) is 3.15. The second-order valence-electron chi connectivity index (χ2n) is 5.40. The smallest absolute Gasteiger partial charge is 0.158 e. The third-order valence-electron chi connectivity index (χ3n) is 3.99. The SMILES string of the molecule is CCc1nn(C)c2c1nc(CCCl)n2CC1CCOC1. The van der Waals surface area contributed by atoms with E-state index in [-0.39, 0.29) is 0 Å². The first kappa shape index (κ1) is 13.9. The van der Waals surface area contributed by atoms with Crippen molar-refractivity contribution in [2.24, 2.45) is 13.0 Å². The Labute approximate surface area is 123 Å². The zero-order valence-corrected chi connectivity index (χ0v) is 12.9. The third-order valence-corrected chi connectivity index (χ3v) is 4.18. The number of hydrogen-bond acceptors (Lipinski definition) is 3. The van der Waals surface area contributed by atoms with E-state index in [1.54, 1.807) is 0 Å². The van der Waals surface area contributed by atoms with Crippen LogP contribution in [-0.4, -0.2) is 38.4 Å². The van der Waals surface area contributed by atoms with Gasteiger partial charge in [-0.3, -0.25) is 4.68 Å². The number of nitrogens with zero attached hydrogens (tertiary/aromatic N) is 4. The van der Waals surface area contributed by atoms with E-state index in [0.717, 1.165) is 61.7 Å². The van der Waals surface area contributed by atoms with Crippen LogP contribution in [-0.2, 0) is 31.2 Å². The highest BCUT2D eigenvalue weighted by Gasteiger charge is 2.22. The zero-order chi connectivity index (χ0) is 14.1. The average molecular weight is 297 g/mol. The van der Waals surface area contributed by atoms with Crippen molar-refractivity contribution in [2.75, 3.05) is 19.1 Å². The predicted molar refractivity (Wildman–Crippen MR) is 79.2 cm³/mol. The molecule has 3 heterocycles. The molecule has 1 unspecified atom stereocenters. The van der Waals surface area contributed by atoms with Crippen molar-refractivity contribution in [2.45, 2.75) is 32.7 Å². The van der Waals surface area contributed by atoms with Gasteiger partial charge < -0.3 is 9.30 Å². The number of halogens is 1. The maximum Gasteiger partial charge on any atom is 0.158 e. The first-order chi connectivity index (χ1) is 9.74. The molecule has 2 aromatic heterocycles. The Bertz CT molecular complexity index is 598. The summed E-state index contributed by atoms with van der Waals surface area (Å²) in [4.78, 5) is 4.79. The summed E-state index contributed by atoms with van der Waals surface area (Å²) >= 11 is 5.93. The van der Waals surface area contributed by atoms with E-state index >= 15 is 0 Å². The summed E-state index contributed by atoms with van der Waals surface area (Å²) in [7, 11) is 2.00. The number of rotatable bonds is 5. The molecular formula is C14H21ClN4O. The summed E-state index contributed by atoms with van der Waals surface area (Å²) in [6.45, 7) is 4.79. The summed E-state index contributed by atoms with van der Waals surface area (Å²) in [5.41, 5.74) is 3.22. The average Bonchev–Trinajstić information content (AvgIpc) is 3.11. The topological polar surface area (TPSA) is 44.9 Å². The summed E-state index contributed by atoms with van der Waals surface area (Å²) in [6, 6.07) is 0. The molecule has 1 aliphatic rings. The van der Waals surface area contributed by atoms with Gasteiger partial charge in [-0.15, -0.1) is 11.6 Å². The van der Waals surface area contributed by atoms with Gasteiger partial charge in [-0.2, -0.15) is 5.10 Å². The molecule has 1 aliphatic heterocycles. The van der Waals surface area contributed by atoms with Crippen molar-refractivity contribution in [3.05, 3.63) is 11.5 Å². The van der Waals surface area contributed by atoms with Gasteiger partial charge in [0, 0.05) is 38.4 Å². The number of alkyl halides is 1. The number of aryl methyl sites for hydroxylation is 3. The molecule has 110 valence electrons. The Balaban J connectivity index is 2.05. The molecular weight excluding hydrogens is 276 g/mol. The Morgan fingerprint density at radius 1 is 1.45 bits per heavy atom. The van der Waals surface area contributed by atoms with Crippen LogP contribution in [0.4, 0.5) is 0 Å². The second kappa shape index (κ2) is 5.74. The van der Waals surface area contributed by atoms with Crippen LogP contribution in [0.3, 0.4) is 0 Å². The lowest BCUT2D eigenvalue weighted by Gasteiger charge is -2.13. The van der Waals surface area contributed by atoms with E-state index in [1.165, 1.54) is 0 Å². The van der Waals surface area contributed by atoms with Crippen molar-refractivity contribution in [3.8, 4) is 0 Å². The second-order valence-corrected chi connectivity index (χ2v) is 5.78. The highest BCUT2D eigenvalue weighted by Crippen LogP contribution is 2.24. The van der Waals surface area contributed by atoms with E-state index < -0.39 is 0 Å². The number of fused-ring (bicyclic) bond motifs is 1. The molecule has 6 heteroatoms. The summed E-state index contributed by atoms with van der Waals surface area (Å²) in [6.07, 6.45) is 2.83. The van der Waals surface area contributed by atoms with E-state index in [4.69, 9.17) is 21.3 Å². The van der Waals surface area contributed by atoms with Gasteiger partial charge in [-0.05, 0) is 12.8 Å². The maximum absolute atomic E-state index is 5.93. The molecule has 3 rings (SSSR count). The van der Waals surface area contributed by atoms with Crippen molar-refractivity contribution in [1.29, 1.82) is 0 Å². The fourth-order valence-electron chi connectivity index (χ4n) is 2.98. The summed E-state index contributed by atoms with van der Waals surface area (Å²) < 4.78 is 9.74. The first-order valence-electron chi connectivity index (χ1n) is 7.29. The molecule has 20 heavy (non-hydrogen) atoms. The van der Waals surface area contributed by atoms with E-state index in [9.17, 15) is 0 Å². The van der Waals surface area contributed by atoms with Crippen molar-refractivity contribution >= 4 is 22.8 Å². The number of hydrogen-bond donors (Lipinski definition) is 0. The van der Waals surface area contributed by atoms with Crippen LogP contribution < -0.4 is 0 Å². The molecule has 0 aliphatic carbocycles. The van der Waals surface area contributed by atoms with E-state index in [1.807, 2.05) is 11.7 Å². The molecule has 1 fully saturated rings. The van der Waals surface area contributed by atoms with Crippen molar-refractivity contribution in [3.63, 3.8) is 0 Å². The first-order valence-corrected chi connectivity index (χ1v) is 7.82. The van der Waals surface area contributed by atoms with Crippen LogP contribution in [0.1, 0.15) is 24.9 Å². The molecule has 0 radical (unpaired) electrons. The zero-order valence-electron chi connectivity index (χ0n) is 12.1. The minimum Gasteiger partial charge on any atom is -0.381 e. The van der Waals surface area contributed by atoms with E-state index in [0.29, 0.717) is 11.8 Å². The lowest BCUT2D eigenvalue weighted by Crippen LogP contribution is -2.15. The van der Waals surface area contributed by atoms with Crippen LogP contribution in [0.5, 0.6) is 0 Å². The minimum absolute atomic E-state index is 0.571. The highest BCUT2D eigenvalue weighted by molar-refractivity contribution is 6.17. The number of aromatic nitrogens is 4. The normalized spacial score (nSPS) is 19.2. The minimum atomic E-state index is 0.571. The maximum atomic E-state index is 5.93. The number of ether oxygens (including phenoxy) is 1. The molecule has 1 atom stereocenters. The lowest BCUT2D eigenvalue weighted by molar-refractivity contribution is 0.182. The highest BCUT2D eigenvalue weighted by atomic mass is 35.5. The number of imidazole rings is 1. The van der Waals surface area contributed by atoms with Crippen LogP contribution >= 0.6 is 11.6 Å². The van der Waals surface area contributed by atoms with Gasteiger partial charge >= 0.3 is 0 Å². The van der Waals surface area contributed by atoms with Gasteiger partial charge in [0.1, 0.15) is 11.3 Å². The van der Waals surface area contributed by atoms with Gasteiger partial charge in [-0.25, -0.2) is 4.98 Å². The molecule has 2 aromatic rings. The van der Waals surface area contributed by atoms with Crippen molar-refractivity contribution < 1.29 is 4.74 Å². The van der Waals surface area contributed by atoms with Crippen LogP contribution in [0.15, 0.2) is 0 Å². The molecule has 0 bridgehead atoms. The largest absolute Gasteiger partial charge is 0.381 e. The van der Waals surface area contributed by atoms with Crippen LogP contribution in [0, 0.1) is 5.92 Å². The summed E-state index contributed by atoms with van der Waals surface area (Å²) in [5, 5.41) is 4.57. The monoisotopic (exact) mass is 296 g/mol. The quantitative estimate of drug-likeness (QED) is 0.794. The Hall–Kier alpha value is -1.07. The summed E-state index contributed by atoms with van der Waals surface area (Å²) in [5.74, 6) is 2.24. The lowest BCUT2D eigenvalue weighted by atomic mass is 10.1. The fraction of sp³-hybridized carbons (Fsp3) is 0.714. The Morgan fingerprint density at radius 3 is 2.95 bits per heavy atom. The van der Waals surface area contributed by atoms with Gasteiger partial charge in [0.15, 0.2) is 5.65 Å². The van der Waals surface area contributed by atoms with Crippen LogP contribution in [0.25, 0.3) is 11.2 Å². The molecule has 0 N–H and O–H groups in total. The molecule has 0 spiro atoms. The molecule has 0 aromatic carbocycles. The Kier molecular flexibility index (Phi) is 3.98. The van der Waals surface area contributed by atoms with Gasteiger partial charge in [0.2, 0.25) is 0 Å². The van der Waals surface area contributed by atoms with E-state index in [2.05, 4.69) is 16.6 Å². The van der Waals surface area contributed by atoms with Crippen molar-refractivity contribution in [1.82, 2.24) is 19.3 Å². The van der Waals surface area contributed by atoms with Gasteiger partial charge in [0.25, 0.3) is 0 Å². The van der Waals surface area contributed by atoms with Gasteiger partial charge in [0.05, 0.1) is 12.3 Å². The Morgan fingerprint density at radius 2 is 2.30 bits per heavy atom. The van der Waals surface area contributed by atoms with Crippen LogP contribution in [0.2, 0.25) is 0 Å². The standard InChI is InChI=1S/C14H21ClN4O/c1-3-11-13-14(18(2)17-11)19(12(16-13)4-6-15)8-10-5-7-20-9-10/h10H,3-9H2,1-2H3. The molecule has 0 amide bonds. The molecule has 5 nitrogen and oxygen atoms in total. The molecule has 1 saturated heterocycles. The third kappa shape index (κ3) is 2.33. The van der Waals surface area contributed by atoms with Gasteiger partial charge in [-0.1, -0.05) is 6.92 Å².